The number of aliphatic imine (C=N–C) groups is 1. The van der Waals surface area contributed by atoms with Crippen molar-refractivity contribution in [1.29, 1.82) is 5.41 Å². The highest BCUT2D eigenvalue weighted by molar-refractivity contribution is 6.24. The van der Waals surface area contributed by atoms with Gasteiger partial charge in [0.1, 0.15) is 11.8 Å². The minimum atomic E-state index is -0.496. The van der Waals surface area contributed by atoms with Crippen LogP contribution in [0.1, 0.15) is 22.6 Å². The highest BCUT2D eigenvalue weighted by atomic mass is 16.2. The number of carbonyl (C=O) groups excluding carboxylic acids is 1. The molecule has 4 rings (SSSR count). The van der Waals surface area contributed by atoms with Gasteiger partial charge in [0.2, 0.25) is 5.91 Å². The monoisotopic (exact) mass is 354 g/mol. The van der Waals surface area contributed by atoms with E-state index in [2.05, 4.69) is 5.32 Å². The third-order valence-electron chi connectivity index (χ3n) is 4.54. The molecule has 5 heteroatoms. The number of nitrogens with two attached hydrogens (primary N) is 1. The number of nitrogens with zero attached hydrogens (tertiary/aromatic N) is 1. The highest BCUT2D eigenvalue weighted by Gasteiger charge is 2.35. The molecule has 1 amide bonds. The van der Waals surface area contributed by atoms with E-state index in [9.17, 15) is 4.79 Å². The number of carbonyl (C=O) groups is 1. The van der Waals surface area contributed by atoms with E-state index in [0.717, 1.165) is 16.8 Å². The predicted octanol–water partition coefficient (Wildman–Crippen LogP) is 3.83. The summed E-state index contributed by atoms with van der Waals surface area (Å²) in [6.45, 7) is 0. The van der Waals surface area contributed by atoms with Gasteiger partial charge in [-0.3, -0.25) is 15.2 Å². The molecule has 1 aliphatic heterocycles. The Labute approximate surface area is 157 Å². The van der Waals surface area contributed by atoms with Crippen molar-refractivity contribution in [3.05, 3.63) is 95.6 Å². The van der Waals surface area contributed by atoms with Gasteiger partial charge in [0.25, 0.3) is 0 Å². The van der Waals surface area contributed by atoms with Crippen molar-refractivity contribution < 1.29 is 4.79 Å². The van der Waals surface area contributed by atoms with Gasteiger partial charge in [-0.05, 0) is 29.3 Å². The van der Waals surface area contributed by atoms with E-state index in [1.165, 1.54) is 0 Å². The molecule has 0 saturated carbocycles. The van der Waals surface area contributed by atoms with Crippen molar-refractivity contribution in [2.24, 2.45) is 10.7 Å². The van der Waals surface area contributed by atoms with Crippen molar-refractivity contribution in [2.75, 3.05) is 5.32 Å². The van der Waals surface area contributed by atoms with Gasteiger partial charge in [0, 0.05) is 11.3 Å². The number of nitrogens with one attached hydrogen (secondary N) is 2. The Morgan fingerprint density at radius 3 is 2.41 bits per heavy atom. The summed E-state index contributed by atoms with van der Waals surface area (Å²) >= 11 is 0. The number of amides is 1. The maximum atomic E-state index is 12.8. The molecule has 0 radical (unpaired) electrons. The quantitative estimate of drug-likeness (QED) is 0.491. The van der Waals surface area contributed by atoms with Crippen LogP contribution in [0.5, 0.6) is 0 Å². The molecule has 4 N–H and O–H groups in total. The van der Waals surface area contributed by atoms with Crippen LogP contribution in [0, 0.1) is 5.41 Å². The summed E-state index contributed by atoms with van der Waals surface area (Å²) in [6, 6.07) is 24.5. The molecule has 1 aliphatic rings. The summed E-state index contributed by atoms with van der Waals surface area (Å²) in [4.78, 5) is 17.6. The summed E-state index contributed by atoms with van der Waals surface area (Å²) < 4.78 is 0. The zero-order valence-corrected chi connectivity index (χ0v) is 14.5. The smallest absolute Gasteiger partial charge is 0.238 e. The van der Waals surface area contributed by atoms with Crippen molar-refractivity contribution in [3.8, 4) is 0 Å². The molecule has 132 valence electrons. The van der Waals surface area contributed by atoms with E-state index in [1.54, 1.807) is 18.2 Å². The van der Waals surface area contributed by atoms with Gasteiger partial charge in [-0.25, -0.2) is 0 Å². The van der Waals surface area contributed by atoms with Crippen LogP contribution in [0.15, 0.2) is 83.9 Å². The van der Waals surface area contributed by atoms with Crippen molar-refractivity contribution in [3.63, 3.8) is 0 Å². The lowest BCUT2D eigenvalue weighted by atomic mass is 9.90. The summed E-state index contributed by atoms with van der Waals surface area (Å²) in [5.74, 6) is -0.608. The van der Waals surface area contributed by atoms with Gasteiger partial charge in [-0.2, -0.15) is 0 Å². The standard InChI is InChI=1S/C22H18N4O/c23-21(24)15-9-6-10-16(13-15)25-20(14-7-2-1-3-8-14)19-17-11-4-5-12-18(17)26-22(19)27/h1-13,19H,(H3,23,24)(H,26,27). The lowest BCUT2D eigenvalue weighted by molar-refractivity contribution is -0.115. The van der Waals surface area contributed by atoms with E-state index in [4.69, 9.17) is 16.1 Å². The SMILES string of the molecule is N=C(N)c1cccc(N=C(c2ccccc2)C2C(=O)Nc3ccccc32)c1. The number of para-hydroxylation sites is 1. The van der Waals surface area contributed by atoms with Crippen LogP contribution in [-0.2, 0) is 4.79 Å². The average molecular weight is 354 g/mol. The van der Waals surface area contributed by atoms with E-state index >= 15 is 0 Å². The molecule has 0 fully saturated rings. The molecule has 0 bridgehead atoms. The Morgan fingerprint density at radius 1 is 0.926 bits per heavy atom. The second-order valence-corrected chi connectivity index (χ2v) is 6.34. The molecular formula is C22H18N4O. The first-order valence-corrected chi connectivity index (χ1v) is 8.62. The van der Waals surface area contributed by atoms with Gasteiger partial charge in [-0.1, -0.05) is 60.7 Å². The molecular weight excluding hydrogens is 336 g/mol. The maximum Gasteiger partial charge on any atom is 0.238 e. The molecule has 1 atom stereocenters. The summed E-state index contributed by atoms with van der Waals surface area (Å²) in [6.07, 6.45) is 0. The van der Waals surface area contributed by atoms with Gasteiger partial charge in [0.05, 0.1) is 11.4 Å². The Morgan fingerprint density at radius 2 is 1.63 bits per heavy atom. The number of amidine groups is 1. The molecule has 0 saturated heterocycles. The number of hydrogen-bond acceptors (Lipinski definition) is 3. The van der Waals surface area contributed by atoms with Crippen LogP contribution in [0.25, 0.3) is 0 Å². The normalized spacial score (nSPS) is 15.9. The van der Waals surface area contributed by atoms with E-state index in [0.29, 0.717) is 17.0 Å². The second kappa shape index (κ2) is 6.88. The Kier molecular flexibility index (Phi) is 4.26. The molecule has 3 aromatic carbocycles. The molecule has 5 nitrogen and oxygen atoms in total. The Hall–Kier alpha value is -3.73. The average Bonchev–Trinajstić information content (AvgIpc) is 3.02. The number of fused-ring (bicyclic) bond motifs is 1. The van der Waals surface area contributed by atoms with Crippen LogP contribution in [0.3, 0.4) is 0 Å². The molecule has 27 heavy (non-hydrogen) atoms. The molecule has 0 aromatic heterocycles. The fraction of sp³-hybridized carbons (Fsp3) is 0.0455. The predicted molar refractivity (Wildman–Crippen MR) is 108 cm³/mol. The van der Waals surface area contributed by atoms with Gasteiger partial charge in [0.15, 0.2) is 0 Å². The fourth-order valence-corrected chi connectivity index (χ4v) is 3.27. The van der Waals surface area contributed by atoms with Crippen molar-refractivity contribution in [1.82, 2.24) is 0 Å². The summed E-state index contributed by atoms with van der Waals surface area (Å²) in [5.41, 5.74) is 10.1. The molecule has 3 aromatic rings. The van der Waals surface area contributed by atoms with Crippen LogP contribution < -0.4 is 11.1 Å². The van der Waals surface area contributed by atoms with Gasteiger partial charge in [-0.15, -0.1) is 0 Å². The number of rotatable bonds is 4. The largest absolute Gasteiger partial charge is 0.384 e. The van der Waals surface area contributed by atoms with Crippen LogP contribution in [-0.4, -0.2) is 17.5 Å². The molecule has 0 aliphatic carbocycles. The maximum absolute atomic E-state index is 12.8. The topological polar surface area (TPSA) is 91.3 Å². The second-order valence-electron chi connectivity index (χ2n) is 6.34. The molecule has 1 unspecified atom stereocenters. The van der Waals surface area contributed by atoms with Gasteiger partial charge < -0.3 is 11.1 Å². The van der Waals surface area contributed by atoms with Crippen molar-refractivity contribution >= 4 is 28.8 Å². The van der Waals surface area contributed by atoms with E-state index < -0.39 is 5.92 Å². The zero-order chi connectivity index (χ0) is 18.8. The van der Waals surface area contributed by atoms with Crippen molar-refractivity contribution in [2.45, 2.75) is 5.92 Å². The summed E-state index contributed by atoms with van der Waals surface area (Å²) in [5, 5.41) is 10.6. The summed E-state index contributed by atoms with van der Waals surface area (Å²) in [7, 11) is 0. The first-order valence-electron chi connectivity index (χ1n) is 8.62. The van der Waals surface area contributed by atoms with E-state index in [-0.39, 0.29) is 11.7 Å². The van der Waals surface area contributed by atoms with E-state index in [1.807, 2.05) is 60.7 Å². The van der Waals surface area contributed by atoms with Crippen LogP contribution in [0.2, 0.25) is 0 Å². The minimum Gasteiger partial charge on any atom is -0.384 e. The molecule has 1 heterocycles. The number of nitrogen functional groups attached to an aromatic ring is 1. The van der Waals surface area contributed by atoms with Crippen LogP contribution in [0.4, 0.5) is 11.4 Å². The first kappa shape index (κ1) is 16.7. The Balaban J connectivity index is 1.88. The first-order chi connectivity index (χ1) is 13.1. The third kappa shape index (κ3) is 3.22. The lowest BCUT2D eigenvalue weighted by Crippen LogP contribution is -2.22. The minimum absolute atomic E-state index is 0.0164. The highest BCUT2D eigenvalue weighted by Crippen LogP contribution is 2.36. The third-order valence-corrected chi connectivity index (χ3v) is 4.54. The Bertz CT molecular complexity index is 1060. The molecule has 0 spiro atoms. The fourth-order valence-electron chi connectivity index (χ4n) is 3.27. The van der Waals surface area contributed by atoms with Crippen LogP contribution >= 0.6 is 0 Å². The lowest BCUT2D eigenvalue weighted by Gasteiger charge is -2.14. The number of benzene rings is 3. The zero-order valence-electron chi connectivity index (χ0n) is 14.5. The number of hydrogen-bond donors (Lipinski definition) is 3. The number of anilines is 1. The van der Waals surface area contributed by atoms with Gasteiger partial charge >= 0.3 is 0 Å².